The quantitative estimate of drug-likeness (QED) is 0.583. The fraction of sp³-hybridized carbons (Fsp3) is 0.462. The van der Waals surface area contributed by atoms with Crippen LogP contribution in [-0.2, 0) is 0 Å². The van der Waals surface area contributed by atoms with Crippen molar-refractivity contribution in [3.05, 3.63) is 23.8 Å². The van der Waals surface area contributed by atoms with Crippen molar-refractivity contribution in [3.63, 3.8) is 0 Å². The van der Waals surface area contributed by atoms with Crippen LogP contribution in [0.3, 0.4) is 0 Å². The Kier molecular flexibility index (Phi) is 2.73. The minimum Gasteiger partial charge on any atom is -0.490 e. The number of fused-ring (bicyclic) bond motifs is 1. The first kappa shape index (κ1) is 10.6. The summed E-state index contributed by atoms with van der Waals surface area (Å²) >= 11 is 0. The van der Waals surface area contributed by atoms with Crippen molar-refractivity contribution < 1.29 is 14.3 Å². The number of nitrogens with zero attached hydrogens (tertiary/aromatic N) is 1. The number of hydrogen-bond acceptors (Lipinski definition) is 4. The molecule has 1 aromatic rings. The zero-order valence-corrected chi connectivity index (χ0v) is 9.65. The third-order valence-corrected chi connectivity index (χ3v) is 2.98. The van der Waals surface area contributed by atoms with Crippen LogP contribution in [0.2, 0.25) is 0 Å². The molecule has 0 N–H and O–H groups in total. The minimum absolute atomic E-state index is 0.151. The summed E-state index contributed by atoms with van der Waals surface area (Å²) in [6, 6.07) is 5.45. The molecule has 1 aromatic carbocycles. The molecule has 0 atom stereocenters. The van der Waals surface area contributed by atoms with E-state index in [1.165, 1.54) is 0 Å². The van der Waals surface area contributed by atoms with Gasteiger partial charge in [-0.25, -0.2) is 0 Å². The molecule has 0 aliphatic carbocycles. The zero-order chi connectivity index (χ0) is 11.7. The molecule has 0 radical (unpaired) electrons. The van der Waals surface area contributed by atoms with Crippen LogP contribution in [-0.4, -0.2) is 43.5 Å². The Morgan fingerprint density at radius 2 is 1.94 bits per heavy atom. The third-order valence-electron chi connectivity index (χ3n) is 2.98. The highest BCUT2D eigenvalue weighted by molar-refractivity contribution is 5.98. The predicted molar refractivity (Wildman–Crippen MR) is 62.8 cm³/mol. The first-order valence-electron chi connectivity index (χ1n) is 5.98. The van der Waals surface area contributed by atoms with Gasteiger partial charge >= 0.3 is 0 Å². The molecular formula is C13H15NO3. The van der Waals surface area contributed by atoms with E-state index in [2.05, 4.69) is 4.90 Å². The lowest BCUT2D eigenvalue weighted by molar-refractivity contribution is 0.0974. The Morgan fingerprint density at radius 1 is 1.18 bits per heavy atom. The Balaban J connectivity index is 1.80. The minimum atomic E-state index is 0.151. The lowest BCUT2D eigenvalue weighted by Crippen LogP contribution is -2.13. The Morgan fingerprint density at radius 3 is 2.71 bits per heavy atom. The molecular weight excluding hydrogens is 218 g/mol. The van der Waals surface area contributed by atoms with Crippen molar-refractivity contribution in [3.8, 4) is 11.5 Å². The molecule has 4 nitrogen and oxygen atoms in total. The first-order chi connectivity index (χ1) is 8.33. The molecule has 0 unspecified atom stereocenters. The van der Waals surface area contributed by atoms with E-state index in [-0.39, 0.29) is 5.78 Å². The summed E-state index contributed by atoms with van der Waals surface area (Å²) in [7, 11) is 0. The number of rotatable bonds is 3. The van der Waals surface area contributed by atoms with E-state index in [4.69, 9.17) is 9.47 Å². The average Bonchev–Trinajstić information content (AvgIpc) is 3.14. The summed E-state index contributed by atoms with van der Waals surface area (Å²) in [6.45, 7) is 3.91. The molecule has 0 saturated carbocycles. The van der Waals surface area contributed by atoms with Gasteiger partial charge in [0.05, 0.1) is 19.8 Å². The standard InChI is InChI=1S/C13H15NO3/c15-11(9-14-4-5-14)10-2-3-12-13(8-10)17-7-1-6-16-12/h2-3,8H,1,4-7,9H2. The number of Topliss-reactive ketones (excluding diaryl/α,β-unsaturated/α-hetero) is 1. The number of benzene rings is 1. The van der Waals surface area contributed by atoms with Crippen molar-refractivity contribution in [2.24, 2.45) is 0 Å². The van der Waals surface area contributed by atoms with E-state index in [0.29, 0.717) is 31.1 Å². The molecule has 1 saturated heterocycles. The van der Waals surface area contributed by atoms with E-state index in [1.54, 1.807) is 6.07 Å². The van der Waals surface area contributed by atoms with Crippen LogP contribution >= 0.6 is 0 Å². The molecule has 1 fully saturated rings. The molecule has 90 valence electrons. The van der Waals surface area contributed by atoms with Gasteiger partial charge in [0, 0.05) is 25.1 Å². The number of ether oxygens (including phenoxy) is 2. The smallest absolute Gasteiger partial charge is 0.176 e. The number of carbonyl (C=O) groups is 1. The maximum Gasteiger partial charge on any atom is 0.176 e. The van der Waals surface area contributed by atoms with Gasteiger partial charge in [-0.3, -0.25) is 9.69 Å². The second kappa shape index (κ2) is 4.37. The molecule has 2 heterocycles. The van der Waals surface area contributed by atoms with Gasteiger partial charge in [0.25, 0.3) is 0 Å². The third kappa shape index (κ3) is 2.42. The summed E-state index contributed by atoms with van der Waals surface area (Å²) in [5.74, 6) is 1.59. The Labute approximate surface area is 100 Å². The number of carbonyl (C=O) groups excluding carboxylic acids is 1. The highest BCUT2D eigenvalue weighted by Gasteiger charge is 2.22. The fourth-order valence-electron chi connectivity index (χ4n) is 1.86. The lowest BCUT2D eigenvalue weighted by atomic mass is 10.1. The fourth-order valence-corrected chi connectivity index (χ4v) is 1.86. The van der Waals surface area contributed by atoms with E-state index in [1.807, 2.05) is 12.1 Å². The maximum absolute atomic E-state index is 11.9. The highest BCUT2D eigenvalue weighted by Crippen LogP contribution is 2.30. The summed E-state index contributed by atoms with van der Waals surface area (Å²) in [5, 5.41) is 0. The van der Waals surface area contributed by atoms with Gasteiger partial charge in [-0.1, -0.05) is 0 Å². The first-order valence-corrected chi connectivity index (χ1v) is 5.98. The maximum atomic E-state index is 11.9. The van der Waals surface area contributed by atoms with Crippen LogP contribution in [0.5, 0.6) is 11.5 Å². The highest BCUT2D eigenvalue weighted by atomic mass is 16.5. The van der Waals surface area contributed by atoms with Crippen LogP contribution in [0.1, 0.15) is 16.8 Å². The average molecular weight is 233 g/mol. The van der Waals surface area contributed by atoms with Crippen LogP contribution in [0, 0.1) is 0 Å². The van der Waals surface area contributed by atoms with E-state index in [9.17, 15) is 4.79 Å². The Hall–Kier alpha value is -1.55. The zero-order valence-electron chi connectivity index (χ0n) is 9.65. The summed E-state index contributed by atoms with van der Waals surface area (Å²) in [5.41, 5.74) is 0.709. The van der Waals surface area contributed by atoms with Crippen LogP contribution < -0.4 is 9.47 Å². The van der Waals surface area contributed by atoms with Crippen LogP contribution in [0.15, 0.2) is 18.2 Å². The van der Waals surface area contributed by atoms with Crippen molar-refractivity contribution in [2.45, 2.75) is 6.42 Å². The summed E-state index contributed by atoms with van der Waals surface area (Å²) in [4.78, 5) is 14.0. The molecule has 0 spiro atoms. The normalized spacial score (nSPS) is 18.6. The van der Waals surface area contributed by atoms with Crippen LogP contribution in [0.25, 0.3) is 0 Å². The van der Waals surface area contributed by atoms with Crippen molar-refractivity contribution >= 4 is 5.78 Å². The molecule has 2 aliphatic heterocycles. The van der Waals surface area contributed by atoms with Gasteiger partial charge in [0.2, 0.25) is 0 Å². The van der Waals surface area contributed by atoms with Crippen molar-refractivity contribution in [1.29, 1.82) is 0 Å². The van der Waals surface area contributed by atoms with Gasteiger partial charge in [-0.15, -0.1) is 0 Å². The molecule has 0 amide bonds. The largest absolute Gasteiger partial charge is 0.490 e. The van der Waals surface area contributed by atoms with Gasteiger partial charge in [0.1, 0.15) is 0 Å². The topological polar surface area (TPSA) is 38.5 Å². The molecule has 0 bridgehead atoms. The Bertz CT molecular complexity index is 440. The molecule has 0 aromatic heterocycles. The summed E-state index contributed by atoms with van der Waals surface area (Å²) < 4.78 is 11.1. The van der Waals surface area contributed by atoms with Crippen molar-refractivity contribution in [1.82, 2.24) is 4.90 Å². The summed E-state index contributed by atoms with van der Waals surface area (Å²) in [6.07, 6.45) is 0.881. The monoisotopic (exact) mass is 233 g/mol. The lowest BCUT2D eigenvalue weighted by Gasteiger charge is -2.08. The van der Waals surface area contributed by atoms with Gasteiger partial charge < -0.3 is 9.47 Å². The van der Waals surface area contributed by atoms with Gasteiger partial charge in [0.15, 0.2) is 17.3 Å². The molecule has 17 heavy (non-hydrogen) atoms. The van der Waals surface area contributed by atoms with E-state index >= 15 is 0 Å². The van der Waals surface area contributed by atoms with E-state index in [0.717, 1.165) is 25.3 Å². The second-order valence-electron chi connectivity index (χ2n) is 4.41. The number of ketones is 1. The van der Waals surface area contributed by atoms with Crippen LogP contribution in [0.4, 0.5) is 0 Å². The van der Waals surface area contributed by atoms with Gasteiger partial charge in [-0.05, 0) is 18.2 Å². The number of hydrogen-bond donors (Lipinski definition) is 0. The predicted octanol–water partition coefficient (Wildman–Crippen LogP) is 1.35. The van der Waals surface area contributed by atoms with Gasteiger partial charge in [-0.2, -0.15) is 0 Å². The molecule has 4 heteroatoms. The second-order valence-corrected chi connectivity index (χ2v) is 4.41. The van der Waals surface area contributed by atoms with E-state index < -0.39 is 0 Å². The molecule has 2 aliphatic rings. The SMILES string of the molecule is O=C(CN1CC1)c1ccc2c(c1)OCCCO2. The molecule has 3 rings (SSSR count). The van der Waals surface area contributed by atoms with Crippen molar-refractivity contribution in [2.75, 3.05) is 32.8 Å².